The zero-order valence-electron chi connectivity index (χ0n) is 14.0. The van der Waals surface area contributed by atoms with Gasteiger partial charge in [-0.2, -0.15) is 0 Å². The van der Waals surface area contributed by atoms with Gasteiger partial charge in [-0.25, -0.2) is 13.1 Å². The molecule has 0 amide bonds. The van der Waals surface area contributed by atoms with Crippen LogP contribution in [-0.2, 0) is 10.0 Å². The van der Waals surface area contributed by atoms with Crippen LogP contribution in [0, 0.1) is 17.3 Å². The lowest BCUT2D eigenvalue weighted by Gasteiger charge is -2.60. The Morgan fingerprint density at radius 2 is 1.79 bits per heavy atom. The highest BCUT2D eigenvalue weighted by atomic mass is 32.2. The van der Waals surface area contributed by atoms with Crippen LogP contribution in [0.15, 0.2) is 34.1 Å². The van der Waals surface area contributed by atoms with E-state index in [4.69, 9.17) is 0 Å². The topological polar surface area (TPSA) is 66.4 Å². The van der Waals surface area contributed by atoms with E-state index in [1.165, 1.54) is 6.42 Å². The molecule has 2 atom stereocenters. The number of sulfonamides is 1. The molecule has 0 saturated heterocycles. The molecule has 2 unspecified atom stereocenters. The van der Waals surface area contributed by atoms with Gasteiger partial charge < -0.3 is 5.11 Å². The van der Waals surface area contributed by atoms with Crippen LogP contribution < -0.4 is 4.72 Å². The molecule has 1 aromatic carbocycles. The Kier molecular flexibility index (Phi) is 4.03. The van der Waals surface area contributed by atoms with E-state index >= 15 is 0 Å². The first-order valence-corrected chi connectivity index (χ1v) is 11.4. The molecule has 0 aromatic heterocycles. The van der Waals surface area contributed by atoms with Gasteiger partial charge in [0.1, 0.15) is 0 Å². The molecule has 132 valence electrons. The highest BCUT2D eigenvalue weighted by molar-refractivity contribution is 7.98. The van der Waals surface area contributed by atoms with Crippen LogP contribution in [0.4, 0.5) is 0 Å². The highest BCUT2D eigenvalue weighted by Gasteiger charge is 2.57. The minimum atomic E-state index is -3.49. The van der Waals surface area contributed by atoms with Gasteiger partial charge in [0.2, 0.25) is 10.0 Å². The van der Waals surface area contributed by atoms with Crippen molar-refractivity contribution in [1.82, 2.24) is 4.72 Å². The van der Waals surface area contributed by atoms with E-state index in [-0.39, 0.29) is 5.41 Å². The van der Waals surface area contributed by atoms with Crippen molar-refractivity contribution in [2.24, 2.45) is 17.3 Å². The molecule has 0 aliphatic heterocycles. The summed E-state index contributed by atoms with van der Waals surface area (Å²) in [5.74, 6) is 1.14. The van der Waals surface area contributed by atoms with Crippen molar-refractivity contribution < 1.29 is 13.5 Å². The molecule has 0 radical (unpaired) electrons. The fourth-order valence-corrected chi connectivity index (χ4v) is 7.26. The van der Waals surface area contributed by atoms with Gasteiger partial charge in [0, 0.05) is 11.4 Å². The van der Waals surface area contributed by atoms with Crippen LogP contribution in [0.1, 0.15) is 38.5 Å². The molecule has 24 heavy (non-hydrogen) atoms. The average Bonchev–Trinajstić information content (AvgIpc) is 2.51. The lowest BCUT2D eigenvalue weighted by molar-refractivity contribution is -0.161. The van der Waals surface area contributed by atoms with Crippen molar-refractivity contribution >= 4 is 21.8 Å². The third-order valence-corrected chi connectivity index (χ3v) is 8.32. The second-order valence-electron chi connectivity index (χ2n) is 8.19. The van der Waals surface area contributed by atoms with Crippen molar-refractivity contribution in [2.45, 2.75) is 53.9 Å². The fourth-order valence-electron chi connectivity index (χ4n) is 5.70. The van der Waals surface area contributed by atoms with E-state index in [0.717, 1.165) is 37.0 Å². The van der Waals surface area contributed by atoms with E-state index in [0.29, 0.717) is 23.3 Å². The molecule has 4 aliphatic rings. The van der Waals surface area contributed by atoms with Gasteiger partial charge in [0.15, 0.2) is 0 Å². The molecule has 2 N–H and O–H groups in total. The largest absolute Gasteiger partial charge is 0.390 e. The maximum Gasteiger partial charge on any atom is 0.240 e. The monoisotopic (exact) mass is 367 g/mol. The predicted octanol–water partition coefficient (Wildman–Crippen LogP) is 3.02. The SMILES string of the molecule is CSc1ccc(S(=O)(=O)NCC23CC4CC(CC(O)(C4)C2)C3)cc1. The van der Waals surface area contributed by atoms with E-state index in [2.05, 4.69) is 4.72 Å². The van der Waals surface area contributed by atoms with Crippen molar-refractivity contribution in [2.75, 3.05) is 12.8 Å². The number of thioether (sulfide) groups is 1. The molecule has 6 heteroatoms. The number of rotatable bonds is 5. The third-order valence-electron chi connectivity index (χ3n) is 6.16. The zero-order chi connectivity index (χ0) is 17.0. The Labute approximate surface area is 148 Å². The quantitative estimate of drug-likeness (QED) is 0.785. The van der Waals surface area contributed by atoms with E-state index in [9.17, 15) is 13.5 Å². The van der Waals surface area contributed by atoms with Crippen LogP contribution >= 0.6 is 11.8 Å². The molecule has 4 aliphatic carbocycles. The second kappa shape index (κ2) is 5.73. The molecule has 0 spiro atoms. The number of nitrogens with one attached hydrogen (secondary N) is 1. The molecule has 1 aromatic rings. The normalized spacial score (nSPS) is 37.8. The molecular weight excluding hydrogens is 342 g/mol. The molecule has 4 fully saturated rings. The van der Waals surface area contributed by atoms with Gasteiger partial charge in [-0.3, -0.25) is 0 Å². The van der Waals surface area contributed by atoms with Gasteiger partial charge in [-0.05, 0) is 86.3 Å². The van der Waals surface area contributed by atoms with Gasteiger partial charge in [-0.15, -0.1) is 11.8 Å². The van der Waals surface area contributed by atoms with Gasteiger partial charge in [-0.1, -0.05) is 0 Å². The Hall–Kier alpha value is -0.560. The summed E-state index contributed by atoms with van der Waals surface area (Å²) >= 11 is 1.60. The van der Waals surface area contributed by atoms with E-state index in [1.54, 1.807) is 23.9 Å². The van der Waals surface area contributed by atoms with Crippen molar-refractivity contribution in [3.8, 4) is 0 Å². The smallest absolute Gasteiger partial charge is 0.240 e. The number of aliphatic hydroxyl groups is 1. The molecule has 4 nitrogen and oxygen atoms in total. The molecule has 4 bridgehead atoms. The van der Waals surface area contributed by atoms with Crippen molar-refractivity contribution in [3.05, 3.63) is 24.3 Å². The van der Waals surface area contributed by atoms with Gasteiger partial charge >= 0.3 is 0 Å². The first kappa shape index (κ1) is 16.9. The van der Waals surface area contributed by atoms with E-state index in [1.807, 2.05) is 18.4 Å². The summed E-state index contributed by atoms with van der Waals surface area (Å²) in [5.41, 5.74) is -0.597. The summed E-state index contributed by atoms with van der Waals surface area (Å²) in [4.78, 5) is 1.38. The summed E-state index contributed by atoms with van der Waals surface area (Å²) in [7, 11) is -3.49. The standard InChI is InChI=1S/C18H25NO3S2/c1-23-15-2-4-16(5-3-15)24(21,22)19-12-17-7-13-6-14(8-17)10-18(20,9-13)11-17/h2-5,13-14,19-20H,6-12H2,1H3. The van der Waals surface area contributed by atoms with Crippen LogP contribution in [0.5, 0.6) is 0 Å². The Morgan fingerprint density at radius 1 is 1.17 bits per heavy atom. The molecule has 0 heterocycles. The van der Waals surface area contributed by atoms with E-state index < -0.39 is 15.6 Å². The van der Waals surface area contributed by atoms with Crippen LogP contribution in [0.3, 0.4) is 0 Å². The number of hydrogen-bond donors (Lipinski definition) is 2. The summed E-state index contributed by atoms with van der Waals surface area (Å²) in [6.07, 6.45) is 7.87. The fraction of sp³-hybridized carbons (Fsp3) is 0.667. The lowest BCUT2D eigenvalue weighted by atomic mass is 9.48. The Morgan fingerprint density at radius 3 is 2.33 bits per heavy atom. The first-order valence-electron chi connectivity index (χ1n) is 8.68. The van der Waals surface area contributed by atoms with Crippen LogP contribution in [0.2, 0.25) is 0 Å². The lowest BCUT2D eigenvalue weighted by Crippen LogP contribution is -2.58. The maximum absolute atomic E-state index is 12.6. The Balaban J connectivity index is 1.49. The average molecular weight is 368 g/mol. The molecular formula is C18H25NO3S2. The molecule has 4 saturated carbocycles. The summed E-state index contributed by atoms with van der Waals surface area (Å²) in [6, 6.07) is 7.02. The minimum absolute atomic E-state index is 0.0505. The number of benzene rings is 1. The highest BCUT2D eigenvalue weighted by Crippen LogP contribution is 2.61. The van der Waals surface area contributed by atoms with Gasteiger partial charge in [0.05, 0.1) is 10.5 Å². The second-order valence-corrected chi connectivity index (χ2v) is 10.8. The molecule has 5 rings (SSSR count). The predicted molar refractivity (Wildman–Crippen MR) is 95.5 cm³/mol. The summed E-state index contributed by atoms with van der Waals surface area (Å²) in [6.45, 7) is 0.453. The van der Waals surface area contributed by atoms with Crippen molar-refractivity contribution in [1.29, 1.82) is 0 Å². The summed E-state index contributed by atoms with van der Waals surface area (Å²) in [5, 5.41) is 10.8. The van der Waals surface area contributed by atoms with Gasteiger partial charge in [0.25, 0.3) is 0 Å². The van der Waals surface area contributed by atoms with Crippen molar-refractivity contribution in [3.63, 3.8) is 0 Å². The number of hydrogen-bond acceptors (Lipinski definition) is 4. The first-order chi connectivity index (χ1) is 11.3. The maximum atomic E-state index is 12.6. The third kappa shape index (κ3) is 3.02. The van der Waals surface area contributed by atoms with Crippen LogP contribution in [0.25, 0.3) is 0 Å². The summed E-state index contributed by atoms with van der Waals surface area (Å²) < 4.78 is 28.1. The zero-order valence-corrected chi connectivity index (χ0v) is 15.6. The minimum Gasteiger partial charge on any atom is -0.390 e. The van der Waals surface area contributed by atoms with Crippen LogP contribution in [-0.4, -0.2) is 31.9 Å². The Bertz CT molecular complexity index is 715.